The van der Waals surface area contributed by atoms with Crippen molar-refractivity contribution in [3.05, 3.63) is 138 Å². The van der Waals surface area contributed by atoms with Crippen LogP contribution in [-0.2, 0) is 10.8 Å². The third-order valence-electron chi connectivity index (χ3n) is 9.42. The van der Waals surface area contributed by atoms with Crippen LogP contribution in [0.15, 0.2) is 115 Å². The monoisotopic (exact) mass is 535 g/mol. The van der Waals surface area contributed by atoms with Gasteiger partial charge in [0.25, 0.3) is 0 Å². The van der Waals surface area contributed by atoms with Gasteiger partial charge in [-0.1, -0.05) is 82.3 Å². The summed E-state index contributed by atoms with van der Waals surface area (Å²) in [6, 6.07) is 42.0. The Balaban J connectivity index is 1.40. The normalized spacial score (nSPS) is 15.9. The molecule has 0 amide bonds. The maximum absolute atomic E-state index is 2.46. The maximum atomic E-state index is 2.46. The third-order valence-corrected chi connectivity index (χ3v) is 9.42. The molecule has 2 aliphatic heterocycles. The summed E-state index contributed by atoms with van der Waals surface area (Å²) in [7, 11) is 4.43. The van der Waals surface area contributed by atoms with Crippen molar-refractivity contribution in [2.45, 2.75) is 38.5 Å². The first-order chi connectivity index (χ1) is 19.7. The topological polar surface area (TPSA) is 9.72 Å². The molecule has 0 atom stereocenters. The summed E-state index contributed by atoms with van der Waals surface area (Å²) in [5.41, 5.74) is 13.8. The first kappa shape index (κ1) is 25.5. The molecule has 0 bridgehead atoms. The highest BCUT2D eigenvalue weighted by Crippen LogP contribution is 2.55. The van der Waals surface area contributed by atoms with Crippen molar-refractivity contribution in [1.82, 2.24) is 0 Å². The molecular formula is C38H37N3. The van der Waals surface area contributed by atoms with Crippen LogP contribution in [0.3, 0.4) is 0 Å². The lowest BCUT2D eigenvalue weighted by Crippen LogP contribution is -2.35. The van der Waals surface area contributed by atoms with E-state index in [1.54, 1.807) is 0 Å². The maximum Gasteiger partial charge on any atom is 0.0466 e. The molecule has 204 valence electrons. The lowest BCUT2D eigenvalue weighted by molar-refractivity contribution is 0.612. The minimum absolute atomic E-state index is 0.0888. The minimum atomic E-state index is -0.191. The summed E-state index contributed by atoms with van der Waals surface area (Å²) in [5, 5.41) is 0. The second-order valence-electron chi connectivity index (χ2n) is 12.5. The first-order valence-corrected chi connectivity index (χ1v) is 14.5. The Morgan fingerprint density at radius 2 is 0.854 bits per heavy atom. The minimum Gasteiger partial charge on any atom is -0.344 e. The van der Waals surface area contributed by atoms with Crippen molar-refractivity contribution in [2.75, 3.05) is 28.8 Å². The van der Waals surface area contributed by atoms with Gasteiger partial charge in [-0.3, -0.25) is 0 Å². The molecule has 0 saturated heterocycles. The molecule has 0 fully saturated rings. The Labute approximate surface area is 244 Å². The van der Waals surface area contributed by atoms with Crippen molar-refractivity contribution in [3.8, 4) is 0 Å². The van der Waals surface area contributed by atoms with Gasteiger partial charge >= 0.3 is 0 Å². The van der Waals surface area contributed by atoms with Gasteiger partial charge in [-0.25, -0.2) is 0 Å². The number of para-hydroxylation sites is 3. The highest BCUT2D eigenvalue weighted by Gasteiger charge is 2.41. The average Bonchev–Trinajstić information content (AvgIpc) is 3.00. The SMILES string of the molecule is CN1c2ccccc2C(C)(C)c2cc3c(cc21)C(C)(C)c1cc(N(c2ccccc2)c2ccccc2)ccc1N3C. The lowest BCUT2D eigenvalue weighted by Gasteiger charge is -2.45. The predicted molar refractivity (Wildman–Crippen MR) is 174 cm³/mol. The lowest BCUT2D eigenvalue weighted by atomic mass is 9.69. The molecule has 3 heteroatoms. The van der Waals surface area contributed by atoms with Crippen LogP contribution in [0.2, 0.25) is 0 Å². The fourth-order valence-corrected chi connectivity index (χ4v) is 7.03. The van der Waals surface area contributed by atoms with E-state index in [0.29, 0.717) is 0 Å². The summed E-state index contributed by atoms with van der Waals surface area (Å²) in [4.78, 5) is 7.13. The number of rotatable bonds is 3. The van der Waals surface area contributed by atoms with E-state index < -0.39 is 0 Å². The summed E-state index contributed by atoms with van der Waals surface area (Å²) in [6.07, 6.45) is 0. The van der Waals surface area contributed by atoms with Crippen molar-refractivity contribution >= 4 is 39.8 Å². The van der Waals surface area contributed by atoms with Crippen molar-refractivity contribution < 1.29 is 0 Å². The largest absolute Gasteiger partial charge is 0.344 e. The molecule has 0 unspecified atom stereocenters. The second kappa shape index (κ2) is 9.01. The number of benzene rings is 5. The number of hydrogen-bond donors (Lipinski definition) is 0. The fourth-order valence-electron chi connectivity index (χ4n) is 7.03. The molecule has 5 aromatic rings. The van der Waals surface area contributed by atoms with Gasteiger partial charge in [-0.05, 0) is 82.9 Å². The van der Waals surface area contributed by atoms with Crippen LogP contribution in [0, 0.1) is 0 Å². The molecule has 2 heterocycles. The molecule has 0 N–H and O–H groups in total. The Morgan fingerprint density at radius 3 is 1.41 bits per heavy atom. The molecule has 0 spiro atoms. The number of nitrogens with zero attached hydrogens (tertiary/aromatic N) is 3. The van der Waals surface area contributed by atoms with Gasteiger partial charge in [-0.2, -0.15) is 0 Å². The van der Waals surface area contributed by atoms with Crippen LogP contribution in [0.25, 0.3) is 0 Å². The van der Waals surface area contributed by atoms with E-state index in [0.717, 1.165) is 17.1 Å². The van der Waals surface area contributed by atoms with Crippen molar-refractivity contribution in [3.63, 3.8) is 0 Å². The van der Waals surface area contributed by atoms with E-state index in [-0.39, 0.29) is 10.8 Å². The molecule has 3 nitrogen and oxygen atoms in total. The van der Waals surface area contributed by atoms with Crippen molar-refractivity contribution in [1.29, 1.82) is 0 Å². The molecule has 2 aliphatic rings. The Bertz CT molecular complexity index is 1730. The number of fused-ring (bicyclic) bond motifs is 4. The fraction of sp³-hybridized carbons (Fsp3) is 0.211. The summed E-state index contributed by atoms with van der Waals surface area (Å²) in [6.45, 7) is 9.48. The van der Waals surface area contributed by atoms with Gasteiger partial charge in [0.05, 0.1) is 0 Å². The zero-order valence-electron chi connectivity index (χ0n) is 24.8. The quantitative estimate of drug-likeness (QED) is 0.228. The third kappa shape index (κ3) is 3.72. The molecule has 41 heavy (non-hydrogen) atoms. The van der Waals surface area contributed by atoms with Gasteiger partial charge in [0.1, 0.15) is 0 Å². The number of hydrogen-bond acceptors (Lipinski definition) is 3. The van der Waals surface area contributed by atoms with E-state index >= 15 is 0 Å². The Morgan fingerprint density at radius 1 is 0.415 bits per heavy atom. The van der Waals surface area contributed by atoms with Crippen LogP contribution in [0.1, 0.15) is 49.9 Å². The summed E-state index contributed by atoms with van der Waals surface area (Å²) in [5.74, 6) is 0. The number of anilines is 7. The van der Waals surface area contributed by atoms with Gasteiger partial charge in [0, 0.05) is 64.7 Å². The van der Waals surface area contributed by atoms with Crippen LogP contribution >= 0.6 is 0 Å². The predicted octanol–water partition coefficient (Wildman–Crippen LogP) is 9.97. The van der Waals surface area contributed by atoms with E-state index in [1.165, 1.54) is 45.0 Å². The standard InChI is InChI=1S/C38H37N3/c1-37(2)29-19-13-14-20-33(29)39(5)35-25-32-36(24-31(35)37)40(6)34-22-21-28(23-30(34)38(32,3)4)41(26-15-9-7-10-16-26)27-17-11-8-12-18-27/h7-25H,1-6H3. The van der Waals surface area contributed by atoms with E-state index in [4.69, 9.17) is 0 Å². The van der Waals surface area contributed by atoms with Gasteiger partial charge < -0.3 is 14.7 Å². The smallest absolute Gasteiger partial charge is 0.0466 e. The van der Waals surface area contributed by atoms with Crippen LogP contribution < -0.4 is 14.7 Å². The molecular weight excluding hydrogens is 498 g/mol. The van der Waals surface area contributed by atoms with E-state index in [1.807, 2.05) is 0 Å². The zero-order chi connectivity index (χ0) is 28.5. The zero-order valence-corrected chi connectivity index (χ0v) is 24.8. The highest BCUT2D eigenvalue weighted by molar-refractivity contribution is 5.87. The summed E-state index contributed by atoms with van der Waals surface area (Å²) < 4.78 is 0. The van der Waals surface area contributed by atoms with Gasteiger partial charge in [-0.15, -0.1) is 0 Å². The molecule has 0 radical (unpaired) electrons. The molecule has 0 saturated carbocycles. The summed E-state index contributed by atoms with van der Waals surface area (Å²) >= 11 is 0. The molecule has 0 aromatic heterocycles. The molecule has 7 rings (SSSR count). The van der Waals surface area contributed by atoms with Gasteiger partial charge in [0.15, 0.2) is 0 Å². The second-order valence-corrected chi connectivity index (χ2v) is 12.5. The van der Waals surface area contributed by atoms with Crippen LogP contribution in [0.4, 0.5) is 39.8 Å². The van der Waals surface area contributed by atoms with E-state index in [9.17, 15) is 0 Å². The Kier molecular flexibility index (Phi) is 5.59. The average molecular weight is 536 g/mol. The molecule has 5 aromatic carbocycles. The van der Waals surface area contributed by atoms with E-state index in [2.05, 4.69) is 172 Å². The van der Waals surface area contributed by atoms with Crippen molar-refractivity contribution in [2.24, 2.45) is 0 Å². The highest BCUT2D eigenvalue weighted by atomic mass is 15.2. The van der Waals surface area contributed by atoms with Crippen LogP contribution in [-0.4, -0.2) is 14.1 Å². The molecule has 0 aliphatic carbocycles. The van der Waals surface area contributed by atoms with Crippen LogP contribution in [0.5, 0.6) is 0 Å². The first-order valence-electron chi connectivity index (χ1n) is 14.5. The van der Waals surface area contributed by atoms with Gasteiger partial charge in [0.2, 0.25) is 0 Å². The Hall–Kier alpha value is -4.50.